The maximum absolute atomic E-state index is 12.4. The zero-order chi connectivity index (χ0) is 14.8. The first-order valence-corrected chi connectivity index (χ1v) is 9.02. The van der Waals surface area contributed by atoms with Crippen LogP contribution in [0.4, 0.5) is 0 Å². The smallest absolute Gasteiger partial charge is 0.211 e. The van der Waals surface area contributed by atoms with Crippen LogP contribution < -0.4 is 4.72 Å². The van der Waals surface area contributed by atoms with Gasteiger partial charge in [0.15, 0.2) is 0 Å². The molecule has 112 valence electrons. The number of rotatable bonds is 4. The Morgan fingerprint density at radius 1 is 1.15 bits per heavy atom. The maximum atomic E-state index is 12.4. The van der Waals surface area contributed by atoms with E-state index < -0.39 is 10.0 Å². The Morgan fingerprint density at radius 2 is 1.80 bits per heavy atom. The number of aryl methyl sites for hydroxylation is 2. The Hall–Kier alpha value is -0.580. The molecule has 0 atom stereocenters. The molecule has 3 nitrogen and oxygen atoms in total. The molecule has 0 saturated heterocycles. The highest BCUT2D eigenvalue weighted by Gasteiger charge is 2.21. The van der Waals surface area contributed by atoms with Gasteiger partial charge in [0, 0.05) is 11.6 Å². The molecule has 0 radical (unpaired) electrons. The minimum absolute atomic E-state index is 0.343. The first-order chi connectivity index (χ1) is 9.40. The molecule has 1 aliphatic carbocycles. The van der Waals surface area contributed by atoms with E-state index in [1.807, 2.05) is 6.92 Å². The van der Waals surface area contributed by atoms with Gasteiger partial charge >= 0.3 is 0 Å². The molecule has 0 spiro atoms. The van der Waals surface area contributed by atoms with Crippen LogP contribution >= 0.6 is 11.6 Å². The molecule has 1 aliphatic rings. The lowest BCUT2D eigenvalue weighted by Gasteiger charge is -2.22. The second-order valence-corrected chi connectivity index (χ2v) is 7.87. The molecule has 1 saturated carbocycles. The third-order valence-corrected chi connectivity index (χ3v) is 6.01. The summed E-state index contributed by atoms with van der Waals surface area (Å²) >= 11 is 6.02. The van der Waals surface area contributed by atoms with E-state index in [0.717, 1.165) is 18.4 Å². The van der Waals surface area contributed by atoms with Crippen molar-refractivity contribution in [3.63, 3.8) is 0 Å². The van der Waals surface area contributed by atoms with Crippen LogP contribution in [0.3, 0.4) is 0 Å². The van der Waals surface area contributed by atoms with Gasteiger partial charge < -0.3 is 0 Å². The van der Waals surface area contributed by atoms with Crippen LogP contribution in [-0.2, 0) is 10.0 Å². The van der Waals surface area contributed by atoms with Crippen molar-refractivity contribution in [2.75, 3.05) is 6.54 Å². The SMILES string of the molecule is Cc1cc(S(=O)(=O)NCC2CCCCC2)c(C)cc1Cl. The van der Waals surface area contributed by atoms with E-state index in [4.69, 9.17) is 11.6 Å². The summed E-state index contributed by atoms with van der Waals surface area (Å²) in [6, 6.07) is 3.37. The van der Waals surface area contributed by atoms with Crippen LogP contribution in [0.1, 0.15) is 43.2 Å². The molecule has 1 aromatic rings. The van der Waals surface area contributed by atoms with Crippen LogP contribution in [0.2, 0.25) is 5.02 Å². The minimum atomic E-state index is -3.44. The van der Waals surface area contributed by atoms with E-state index in [1.54, 1.807) is 19.1 Å². The molecule has 0 aliphatic heterocycles. The number of sulfonamides is 1. The Kier molecular flexibility index (Phi) is 5.10. The quantitative estimate of drug-likeness (QED) is 0.918. The summed E-state index contributed by atoms with van der Waals surface area (Å²) in [5.41, 5.74) is 1.48. The van der Waals surface area contributed by atoms with Crippen molar-refractivity contribution < 1.29 is 8.42 Å². The predicted molar refractivity (Wildman–Crippen MR) is 82.7 cm³/mol. The van der Waals surface area contributed by atoms with Crippen molar-refractivity contribution in [2.45, 2.75) is 50.8 Å². The molecule has 5 heteroatoms. The number of halogens is 1. The van der Waals surface area contributed by atoms with Crippen molar-refractivity contribution in [3.05, 3.63) is 28.3 Å². The molecule has 0 heterocycles. The van der Waals surface area contributed by atoms with Crippen molar-refractivity contribution in [1.82, 2.24) is 4.72 Å². The molecule has 1 aromatic carbocycles. The average Bonchev–Trinajstić information content (AvgIpc) is 2.42. The second kappa shape index (κ2) is 6.46. The Balaban J connectivity index is 2.11. The Labute approximate surface area is 126 Å². The highest BCUT2D eigenvalue weighted by atomic mass is 35.5. The van der Waals surface area contributed by atoms with Gasteiger partial charge in [-0.2, -0.15) is 0 Å². The van der Waals surface area contributed by atoms with Crippen molar-refractivity contribution in [2.24, 2.45) is 5.92 Å². The van der Waals surface area contributed by atoms with Crippen LogP contribution in [0, 0.1) is 19.8 Å². The number of benzene rings is 1. The van der Waals surface area contributed by atoms with Gasteiger partial charge in [-0.15, -0.1) is 0 Å². The van der Waals surface area contributed by atoms with Crippen molar-refractivity contribution >= 4 is 21.6 Å². The molecule has 0 bridgehead atoms. The Bertz CT molecular complexity index is 578. The van der Waals surface area contributed by atoms with Gasteiger partial charge in [-0.1, -0.05) is 30.9 Å². The van der Waals surface area contributed by atoms with E-state index in [0.29, 0.717) is 27.9 Å². The molecule has 0 amide bonds. The summed E-state index contributed by atoms with van der Waals surface area (Å²) in [4.78, 5) is 0.343. The minimum Gasteiger partial charge on any atom is -0.211 e. The number of nitrogens with one attached hydrogen (secondary N) is 1. The van der Waals surface area contributed by atoms with Gasteiger partial charge in [0.05, 0.1) is 4.90 Å². The fourth-order valence-electron chi connectivity index (χ4n) is 2.74. The van der Waals surface area contributed by atoms with Crippen LogP contribution in [0.15, 0.2) is 17.0 Å². The van der Waals surface area contributed by atoms with E-state index in [1.165, 1.54) is 19.3 Å². The highest BCUT2D eigenvalue weighted by molar-refractivity contribution is 7.89. The molecule has 0 unspecified atom stereocenters. The monoisotopic (exact) mass is 315 g/mol. The maximum Gasteiger partial charge on any atom is 0.240 e. The third kappa shape index (κ3) is 3.74. The molecule has 20 heavy (non-hydrogen) atoms. The van der Waals surface area contributed by atoms with Crippen LogP contribution in [-0.4, -0.2) is 15.0 Å². The predicted octanol–water partition coefficient (Wildman–Crippen LogP) is 3.82. The summed E-state index contributed by atoms with van der Waals surface area (Å²) in [5, 5.41) is 0.605. The van der Waals surface area contributed by atoms with Gasteiger partial charge in [-0.3, -0.25) is 0 Å². The molecular weight excluding hydrogens is 294 g/mol. The first kappa shape index (κ1) is 15.8. The van der Waals surface area contributed by atoms with Gasteiger partial charge in [-0.25, -0.2) is 13.1 Å². The summed E-state index contributed by atoms with van der Waals surface area (Å²) in [7, 11) is -3.44. The topological polar surface area (TPSA) is 46.2 Å². The first-order valence-electron chi connectivity index (χ1n) is 7.16. The number of hydrogen-bond acceptors (Lipinski definition) is 2. The Morgan fingerprint density at radius 3 is 2.45 bits per heavy atom. The summed E-state index contributed by atoms with van der Waals surface area (Å²) < 4.78 is 27.6. The van der Waals surface area contributed by atoms with E-state index >= 15 is 0 Å². The van der Waals surface area contributed by atoms with E-state index in [-0.39, 0.29) is 0 Å². The lowest BCUT2D eigenvalue weighted by molar-refractivity contribution is 0.357. The fourth-order valence-corrected chi connectivity index (χ4v) is 4.38. The van der Waals surface area contributed by atoms with E-state index in [9.17, 15) is 8.42 Å². The molecule has 2 rings (SSSR count). The molecular formula is C15H22ClNO2S. The average molecular weight is 316 g/mol. The van der Waals surface area contributed by atoms with E-state index in [2.05, 4.69) is 4.72 Å². The fraction of sp³-hybridized carbons (Fsp3) is 0.600. The highest BCUT2D eigenvalue weighted by Crippen LogP contribution is 2.25. The summed E-state index contributed by atoms with van der Waals surface area (Å²) in [5.74, 6) is 0.479. The molecule has 0 aromatic heterocycles. The normalized spacial score (nSPS) is 17.4. The largest absolute Gasteiger partial charge is 0.240 e. The van der Waals surface area contributed by atoms with Gasteiger partial charge in [0.2, 0.25) is 10.0 Å². The summed E-state index contributed by atoms with van der Waals surface area (Å²) in [6.45, 7) is 4.14. The lowest BCUT2D eigenvalue weighted by atomic mass is 9.90. The third-order valence-electron chi connectivity index (χ3n) is 4.03. The van der Waals surface area contributed by atoms with Gasteiger partial charge in [0.1, 0.15) is 0 Å². The second-order valence-electron chi connectivity index (χ2n) is 5.72. The lowest BCUT2D eigenvalue weighted by Crippen LogP contribution is -2.30. The zero-order valence-electron chi connectivity index (χ0n) is 12.1. The standard InChI is InChI=1S/C15H22ClNO2S/c1-11-9-15(12(2)8-14(11)16)20(18,19)17-10-13-6-4-3-5-7-13/h8-9,13,17H,3-7,10H2,1-2H3. The zero-order valence-corrected chi connectivity index (χ0v) is 13.6. The van der Waals surface area contributed by atoms with Crippen molar-refractivity contribution in [1.29, 1.82) is 0 Å². The molecule has 1 N–H and O–H groups in total. The molecule has 1 fully saturated rings. The van der Waals surface area contributed by atoms with Crippen molar-refractivity contribution in [3.8, 4) is 0 Å². The van der Waals surface area contributed by atoms with Gasteiger partial charge in [0.25, 0.3) is 0 Å². The number of hydrogen-bond donors (Lipinski definition) is 1. The van der Waals surface area contributed by atoms with Crippen LogP contribution in [0.5, 0.6) is 0 Å². The van der Waals surface area contributed by atoms with Crippen LogP contribution in [0.25, 0.3) is 0 Å². The van der Waals surface area contributed by atoms with Gasteiger partial charge in [-0.05, 0) is 55.9 Å². The summed E-state index contributed by atoms with van der Waals surface area (Å²) in [6.07, 6.45) is 5.96.